The highest BCUT2D eigenvalue weighted by atomic mass is 32.2. The Morgan fingerprint density at radius 1 is 1.38 bits per heavy atom. The van der Waals surface area contributed by atoms with Gasteiger partial charge >= 0.3 is 0 Å². The van der Waals surface area contributed by atoms with Gasteiger partial charge in [0.15, 0.2) is 9.84 Å². The summed E-state index contributed by atoms with van der Waals surface area (Å²) < 4.78 is 50.2. The number of nitrogens with zero attached hydrogens (tertiary/aromatic N) is 2. The van der Waals surface area contributed by atoms with Gasteiger partial charge in [0, 0.05) is 19.6 Å². The molecule has 0 saturated carbocycles. The molecule has 2 fully saturated rings. The summed E-state index contributed by atoms with van der Waals surface area (Å²) in [5, 5.41) is 1.69. The molecule has 0 aromatic carbocycles. The maximum absolute atomic E-state index is 12.8. The highest BCUT2D eigenvalue weighted by Gasteiger charge is 2.43. The molecule has 2 atom stereocenters. The minimum atomic E-state index is -3.68. The monoisotopic (exact) mass is 392 g/mol. The molecule has 7 nitrogen and oxygen atoms in total. The fourth-order valence-electron chi connectivity index (χ4n) is 3.30. The molecule has 10 heteroatoms. The van der Waals surface area contributed by atoms with E-state index >= 15 is 0 Å². The molecule has 1 aromatic rings. The van der Waals surface area contributed by atoms with Crippen LogP contribution in [0.5, 0.6) is 0 Å². The normalized spacial score (nSPS) is 27.4. The second kappa shape index (κ2) is 6.40. The van der Waals surface area contributed by atoms with Crippen molar-refractivity contribution in [2.24, 2.45) is 0 Å². The molecule has 0 aliphatic carbocycles. The number of amides is 1. The minimum absolute atomic E-state index is 0.0420. The largest absolute Gasteiger partial charge is 0.340 e. The molecular weight excluding hydrogens is 372 g/mol. The number of sulfone groups is 1. The van der Waals surface area contributed by atoms with E-state index in [0.717, 1.165) is 11.3 Å². The SMILES string of the molecule is CN(C(=O)C1CCCN1S(=O)(=O)c1cccs1)C1CCS(=O)(=O)C1. The van der Waals surface area contributed by atoms with Crippen LogP contribution in [-0.4, -0.2) is 69.1 Å². The van der Waals surface area contributed by atoms with Crippen molar-refractivity contribution in [2.75, 3.05) is 25.1 Å². The van der Waals surface area contributed by atoms with Crippen LogP contribution < -0.4 is 0 Å². The van der Waals surface area contributed by atoms with Crippen molar-refractivity contribution >= 4 is 37.1 Å². The Morgan fingerprint density at radius 3 is 2.71 bits per heavy atom. The van der Waals surface area contributed by atoms with Crippen LogP contribution in [0, 0.1) is 0 Å². The van der Waals surface area contributed by atoms with Gasteiger partial charge in [-0.2, -0.15) is 4.31 Å². The Bertz CT molecular complexity index is 817. The average Bonchev–Trinajstić information content (AvgIpc) is 3.25. The second-order valence-electron chi connectivity index (χ2n) is 6.21. The van der Waals surface area contributed by atoms with Gasteiger partial charge in [-0.05, 0) is 30.7 Å². The van der Waals surface area contributed by atoms with Gasteiger partial charge in [0.05, 0.1) is 11.5 Å². The first kappa shape index (κ1) is 17.8. The van der Waals surface area contributed by atoms with E-state index in [4.69, 9.17) is 0 Å². The van der Waals surface area contributed by atoms with Crippen molar-refractivity contribution in [3.05, 3.63) is 17.5 Å². The number of hydrogen-bond donors (Lipinski definition) is 0. The van der Waals surface area contributed by atoms with Crippen molar-refractivity contribution in [3.8, 4) is 0 Å². The van der Waals surface area contributed by atoms with Crippen LogP contribution >= 0.6 is 11.3 Å². The molecular formula is C14H20N2O5S3. The molecule has 2 unspecified atom stereocenters. The second-order valence-corrected chi connectivity index (χ2v) is 11.5. The zero-order valence-electron chi connectivity index (χ0n) is 13.3. The van der Waals surface area contributed by atoms with Crippen molar-refractivity contribution in [1.29, 1.82) is 0 Å². The highest BCUT2D eigenvalue weighted by Crippen LogP contribution is 2.30. The molecule has 0 spiro atoms. The van der Waals surface area contributed by atoms with E-state index in [9.17, 15) is 21.6 Å². The van der Waals surface area contributed by atoms with Crippen LogP contribution in [0.15, 0.2) is 21.7 Å². The van der Waals surface area contributed by atoms with Crippen molar-refractivity contribution in [1.82, 2.24) is 9.21 Å². The third kappa shape index (κ3) is 3.24. The van der Waals surface area contributed by atoms with Crippen molar-refractivity contribution in [2.45, 2.75) is 35.6 Å². The summed E-state index contributed by atoms with van der Waals surface area (Å²) in [6.07, 6.45) is 1.50. The number of rotatable bonds is 4. The van der Waals surface area contributed by atoms with Crippen LogP contribution in [0.4, 0.5) is 0 Å². The van der Waals surface area contributed by atoms with E-state index in [1.165, 1.54) is 15.3 Å². The standard InChI is InChI=1S/C14H20N2O5S3/c1-15(11-6-9-23(18,19)10-11)14(17)12-4-2-7-16(12)24(20,21)13-5-3-8-22-13/h3,5,8,11-12H,2,4,6-7,9-10H2,1H3. The Labute approximate surface area is 146 Å². The topological polar surface area (TPSA) is 91.8 Å². The molecule has 24 heavy (non-hydrogen) atoms. The molecule has 1 aromatic heterocycles. The van der Waals surface area contributed by atoms with E-state index in [2.05, 4.69) is 0 Å². The van der Waals surface area contributed by atoms with Crippen LogP contribution in [0.2, 0.25) is 0 Å². The van der Waals surface area contributed by atoms with Gasteiger partial charge in [-0.15, -0.1) is 11.3 Å². The van der Waals surface area contributed by atoms with Gasteiger partial charge < -0.3 is 4.90 Å². The minimum Gasteiger partial charge on any atom is -0.340 e. The van der Waals surface area contributed by atoms with E-state index in [1.54, 1.807) is 18.5 Å². The summed E-state index contributed by atoms with van der Waals surface area (Å²) in [5.41, 5.74) is 0. The highest BCUT2D eigenvalue weighted by molar-refractivity contribution is 7.91. The van der Waals surface area contributed by atoms with Crippen LogP contribution in [0.1, 0.15) is 19.3 Å². The number of hydrogen-bond acceptors (Lipinski definition) is 6. The smallest absolute Gasteiger partial charge is 0.253 e. The Balaban J connectivity index is 1.79. The number of carbonyl (C=O) groups is 1. The molecule has 1 amide bonds. The lowest BCUT2D eigenvalue weighted by atomic mass is 10.1. The molecule has 0 radical (unpaired) electrons. The van der Waals surface area contributed by atoms with Gasteiger partial charge in [-0.1, -0.05) is 6.07 Å². The van der Waals surface area contributed by atoms with Gasteiger partial charge in [0.2, 0.25) is 5.91 Å². The number of sulfonamides is 1. The number of carbonyl (C=O) groups excluding carboxylic acids is 1. The third-order valence-corrected chi connectivity index (χ3v) is 9.68. The van der Waals surface area contributed by atoms with Crippen molar-refractivity contribution < 1.29 is 21.6 Å². The van der Waals surface area contributed by atoms with Crippen LogP contribution in [0.25, 0.3) is 0 Å². The Hall–Kier alpha value is -0.970. The van der Waals surface area contributed by atoms with Gasteiger partial charge in [-0.3, -0.25) is 4.79 Å². The summed E-state index contributed by atoms with van der Waals surface area (Å²) in [6, 6.07) is 2.09. The fraction of sp³-hybridized carbons (Fsp3) is 0.643. The zero-order valence-corrected chi connectivity index (χ0v) is 15.7. The average molecular weight is 393 g/mol. The summed E-state index contributed by atoms with van der Waals surface area (Å²) >= 11 is 1.13. The van der Waals surface area contributed by atoms with Gasteiger partial charge in [0.1, 0.15) is 10.3 Å². The number of likely N-dealkylation sites (N-methyl/N-ethyl adjacent to an activating group) is 1. The quantitative estimate of drug-likeness (QED) is 0.746. The molecule has 2 aliphatic heterocycles. The van der Waals surface area contributed by atoms with Gasteiger partial charge in [-0.25, -0.2) is 16.8 Å². The van der Waals surface area contributed by atoms with E-state index in [1.807, 2.05) is 0 Å². The lowest BCUT2D eigenvalue weighted by Gasteiger charge is -2.30. The number of thiophene rings is 1. The maximum atomic E-state index is 12.8. The van der Waals surface area contributed by atoms with E-state index in [-0.39, 0.29) is 27.7 Å². The molecule has 3 rings (SSSR count). The lowest BCUT2D eigenvalue weighted by molar-refractivity contribution is -0.134. The molecule has 134 valence electrons. The summed E-state index contributed by atoms with van der Waals surface area (Å²) in [4.78, 5) is 14.2. The summed E-state index contributed by atoms with van der Waals surface area (Å²) in [5.74, 6) is -0.272. The first-order chi connectivity index (χ1) is 11.2. The Morgan fingerprint density at radius 2 is 2.12 bits per heavy atom. The Kier molecular flexibility index (Phi) is 4.75. The molecule has 0 N–H and O–H groups in total. The molecule has 3 heterocycles. The first-order valence-electron chi connectivity index (χ1n) is 7.75. The first-order valence-corrected chi connectivity index (χ1v) is 11.9. The summed E-state index contributed by atoms with van der Waals surface area (Å²) in [6.45, 7) is 0.313. The third-order valence-electron chi connectivity index (χ3n) is 4.65. The predicted octanol–water partition coefficient (Wildman–Crippen LogP) is 0.547. The van der Waals surface area contributed by atoms with Crippen molar-refractivity contribution in [3.63, 3.8) is 0 Å². The zero-order chi connectivity index (χ0) is 17.5. The van der Waals surface area contributed by atoms with Crippen LogP contribution in [0.3, 0.4) is 0 Å². The van der Waals surface area contributed by atoms with E-state index in [0.29, 0.717) is 25.8 Å². The molecule has 2 saturated heterocycles. The van der Waals surface area contributed by atoms with E-state index < -0.39 is 25.9 Å². The fourth-order valence-corrected chi connectivity index (χ4v) is 7.84. The molecule has 2 aliphatic rings. The van der Waals surface area contributed by atoms with Crippen LogP contribution in [-0.2, 0) is 24.7 Å². The van der Waals surface area contributed by atoms with Gasteiger partial charge in [0.25, 0.3) is 10.0 Å². The molecule has 0 bridgehead atoms. The predicted molar refractivity (Wildman–Crippen MR) is 91.1 cm³/mol. The summed E-state index contributed by atoms with van der Waals surface area (Å²) in [7, 11) is -5.21. The lowest BCUT2D eigenvalue weighted by Crippen LogP contribution is -2.49. The maximum Gasteiger partial charge on any atom is 0.253 e.